The summed E-state index contributed by atoms with van der Waals surface area (Å²) in [4.78, 5) is 26.0. The molecule has 2 rings (SSSR count). The molecule has 2 atom stereocenters. The van der Waals surface area contributed by atoms with Gasteiger partial charge in [0.15, 0.2) is 0 Å². The number of esters is 1. The molecule has 1 heterocycles. The van der Waals surface area contributed by atoms with Crippen LogP contribution in [0.15, 0.2) is 12.3 Å². The van der Waals surface area contributed by atoms with Crippen LogP contribution in [0.25, 0.3) is 0 Å². The number of ether oxygens (including phenoxy) is 1. The highest BCUT2D eigenvalue weighted by Crippen LogP contribution is 2.29. The highest BCUT2D eigenvalue weighted by Gasteiger charge is 2.31. The normalized spacial score (nSPS) is 21.0. The summed E-state index contributed by atoms with van der Waals surface area (Å²) in [6, 6.07) is 1.81. The molecule has 1 aromatic heterocycles. The van der Waals surface area contributed by atoms with Gasteiger partial charge < -0.3 is 10.1 Å². The number of aromatic nitrogens is 1. The smallest absolute Gasteiger partial charge is 0.308 e. The third-order valence-corrected chi connectivity index (χ3v) is 3.68. The SMILES string of the molecule is CCOC(=O)[C@@H]1CC[C@H](Nc2cc(C)c([N+](=O)[O-])cn2)C1. The molecule has 0 bridgehead atoms. The quantitative estimate of drug-likeness (QED) is 0.509. The Hall–Kier alpha value is -2.18. The molecule has 1 aliphatic rings. The molecule has 1 fully saturated rings. The summed E-state index contributed by atoms with van der Waals surface area (Å²) in [6.45, 7) is 3.88. The van der Waals surface area contributed by atoms with Crippen LogP contribution >= 0.6 is 0 Å². The van der Waals surface area contributed by atoms with Gasteiger partial charge in [-0.05, 0) is 39.2 Å². The van der Waals surface area contributed by atoms with Crippen molar-refractivity contribution in [2.75, 3.05) is 11.9 Å². The number of aryl methyl sites for hydroxylation is 1. The fourth-order valence-corrected chi connectivity index (χ4v) is 2.61. The molecule has 7 nitrogen and oxygen atoms in total. The minimum Gasteiger partial charge on any atom is -0.466 e. The predicted molar refractivity (Wildman–Crippen MR) is 77.0 cm³/mol. The van der Waals surface area contributed by atoms with Crippen LogP contribution in [-0.4, -0.2) is 28.5 Å². The first-order valence-corrected chi connectivity index (χ1v) is 7.05. The van der Waals surface area contributed by atoms with Gasteiger partial charge in [0.05, 0.1) is 17.4 Å². The van der Waals surface area contributed by atoms with Crippen LogP contribution in [0.2, 0.25) is 0 Å². The van der Waals surface area contributed by atoms with Gasteiger partial charge in [0, 0.05) is 11.6 Å². The summed E-state index contributed by atoms with van der Waals surface area (Å²) in [6.07, 6.45) is 3.62. The minimum atomic E-state index is -0.446. The molecule has 0 saturated heterocycles. The Morgan fingerprint density at radius 3 is 2.95 bits per heavy atom. The van der Waals surface area contributed by atoms with E-state index in [0.717, 1.165) is 12.8 Å². The van der Waals surface area contributed by atoms with Gasteiger partial charge in [-0.25, -0.2) is 4.98 Å². The van der Waals surface area contributed by atoms with Crippen LogP contribution in [0, 0.1) is 23.0 Å². The molecule has 0 radical (unpaired) electrons. The van der Waals surface area contributed by atoms with Gasteiger partial charge in [-0.1, -0.05) is 0 Å². The van der Waals surface area contributed by atoms with Gasteiger partial charge in [0.1, 0.15) is 12.0 Å². The number of nitro groups is 1. The van der Waals surface area contributed by atoms with E-state index in [-0.39, 0.29) is 23.6 Å². The molecule has 1 aromatic rings. The van der Waals surface area contributed by atoms with Crippen LogP contribution < -0.4 is 5.32 Å². The number of carbonyl (C=O) groups excluding carboxylic acids is 1. The zero-order valence-electron chi connectivity index (χ0n) is 12.2. The summed E-state index contributed by atoms with van der Waals surface area (Å²) >= 11 is 0. The van der Waals surface area contributed by atoms with Crippen LogP contribution in [0.1, 0.15) is 31.7 Å². The van der Waals surface area contributed by atoms with Crippen LogP contribution in [0.5, 0.6) is 0 Å². The zero-order chi connectivity index (χ0) is 15.4. The van der Waals surface area contributed by atoms with Crippen molar-refractivity contribution in [3.8, 4) is 0 Å². The minimum absolute atomic E-state index is 0.0105. The average molecular weight is 293 g/mol. The Bertz CT molecular complexity index is 547. The summed E-state index contributed by atoms with van der Waals surface area (Å²) in [5.74, 6) is 0.392. The number of carbonyl (C=O) groups is 1. The van der Waals surface area contributed by atoms with Crippen molar-refractivity contribution in [3.05, 3.63) is 27.9 Å². The first-order chi connectivity index (χ1) is 10.0. The van der Waals surface area contributed by atoms with E-state index < -0.39 is 4.92 Å². The maximum Gasteiger partial charge on any atom is 0.308 e. The van der Waals surface area contributed by atoms with E-state index in [9.17, 15) is 14.9 Å². The molecule has 0 spiro atoms. The largest absolute Gasteiger partial charge is 0.466 e. The monoisotopic (exact) mass is 293 g/mol. The maximum atomic E-state index is 11.7. The number of hydrogen-bond donors (Lipinski definition) is 1. The molecule has 1 saturated carbocycles. The van der Waals surface area contributed by atoms with Crippen molar-refractivity contribution in [2.45, 2.75) is 39.2 Å². The third-order valence-electron chi connectivity index (χ3n) is 3.68. The first-order valence-electron chi connectivity index (χ1n) is 7.05. The van der Waals surface area contributed by atoms with Gasteiger partial charge in [-0.15, -0.1) is 0 Å². The maximum absolute atomic E-state index is 11.7. The second-order valence-corrected chi connectivity index (χ2v) is 5.22. The molecule has 1 aliphatic carbocycles. The van der Waals surface area contributed by atoms with Crippen molar-refractivity contribution in [2.24, 2.45) is 5.92 Å². The van der Waals surface area contributed by atoms with E-state index >= 15 is 0 Å². The molecule has 0 aliphatic heterocycles. The van der Waals surface area contributed by atoms with Crippen molar-refractivity contribution in [1.29, 1.82) is 0 Å². The molecule has 114 valence electrons. The Labute approximate surface area is 122 Å². The second kappa shape index (κ2) is 6.51. The van der Waals surface area contributed by atoms with E-state index in [4.69, 9.17) is 4.74 Å². The highest BCUT2D eigenvalue weighted by molar-refractivity contribution is 5.73. The van der Waals surface area contributed by atoms with Crippen molar-refractivity contribution in [3.63, 3.8) is 0 Å². The second-order valence-electron chi connectivity index (χ2n) is 5.22. The lowest BCUT2D eigenvalue weighted by molar-refractivity contribution is -0.385. The lowest BCUT2D eigenvalue weighted by Gasteiger charge is -2.14. The molecular formula is C14H19N3O4. The number of nitrogens with one attached hydrogen (secondary N) is 1. The number of pyridine rings is 1. The zero-order valence-corrected chi connectivity index (χ0v) is 12.2. The number of anilines is 1. The van der Waals surface area contributed by atoms with Crippen LogP contribution in [0.4, 0.5) is 11.5 Å². The van der Waals surface area contributed by atoms with Gasteiger partial charge in [-0.3, -0.25) is 14.9 Å². The van der Waals surface area contributed by atoms with Crippen molar-refractivity contribution < 1.29 is 14.5 Å². The van der Waals surface area contributed by atoms with E-state index in [1.165, 1.54) is 6.20 Å². The molecule has 1 N–H and O–H groups in total. The van der Waals surface area contributed by atoms with Crippen molar-refractivity contribution in [1.82, 2.24) is 4.98 Å². The van der Waals surface area contributed by atoms with E-state index in [2.05, 4.69) is 10.3 Å². The molecule has 0 aromatic carbocycles. The number of nitrogens with zero attached hydrogens (tertiary/aromatic N) is 2. The summed E-state index contributed by atoms with van der Waals surface area (Å²) < 4.78 is 5.03. The Balaban J connectivity index is 1.96. The lowest BCUT2D eigenvalue weighted by Crippen LogP contribution is -2.20. The third kappa shape index (κ3) is 3.68. The van der Waals surface area contributed by atoms with E-state index in [0.29, 0.717) is 24.4 Å². The van der Waals surface area contributed by atoms with E-state index in [1.54, 1.807) is 19.9 Å². The van der Waals surface area contributed by atoms with Crippen LogP contribution in [-0.2, 0) is 9.53 Å². The fraction of sp³-hybridized carbons (Fsp3) is 0.571. The Morgan fingerprint density at radius 1 is 1.57 bits per heavy atom. The topological polar surface area (TPSA) is 94.4 Å². The summed E-state index contributed by atoms with van der Waals surface area (Å²) in [5.41, 5.74) is 0.578. The first kappa shape index (κ1) is 15.2. The molecule has 0 amide bonds. The Morgan fingerprint density at radius 2 is 2.33 bits per heavy atom. The summed E-state index contributed by atoms with van der Waals surface area (Å²) in [7, 11) is 0. The predicted octanol–water partition coefficient (Wildman–Crippen LogP) is 2.44. The fourth-order valence-electron chi connectivity index (χ4n) is 2.61. The lowest BCUT2D eigenvalue weighted by atomic mass is 10.1. The number of hydrogen-bond acceptors (Lipinski definition) is 6. The molecule has 0 unspecified atom stereocenters. The van der Waals surface area contributed by atoms with Gasteiger partial charge in [0.2, 0.25) is 0 Å². The Kier molecular flexibility index (Phi) is 4.72. The van der Waals surface area contributed by atoms with Crippen molar-refractivity contribution >= 4 is 17.5 Å². The van der Waals surface area contributed by atoms with Crippen LogP contribution in [0.3, 0.4) is 0 Å². The number of rotatable bonds is 5. The van der Waals surface area contributed by atoms with Gasteiger partial charge in [0.25, 0.3) is 5.69 Å². The standard InChI is InChI=1S/C14H19N3O4/c1-3-21-14(18)10-4-5-11(7-10)16-13-6-9(2)12(8-15-13)17(19)20/h6,8,10-11H,3-5,7H2,1-2H3,(H,15,16)/t10-,11+/m1/s1. The highest BCUT2D eigenvalue weighted by atomic mass is 16.6. The average Bonchev–Trinajstić information content (AvgIpc) is 2.87. The van der Waals surface area contributed by atoms with Gasteiger partial charge >= 0.3 is 5.97 Å². The summed E-state index contributed by atoms with van der Waals surface area (Å²) in [5, 5.41) is 14.0. The molecule has 7 heteroatoms. The van der Waals surface area contributed by atoms with Gasteiger partial charge in [-0.2, -0.15) is 0 Å². The van der Waals surface area contributed by atoms with E-state index in [1.807, 2.05) is 0 Å². The molecular weight excluding hydrogens is 274 g/mol. The molecule has 21 heavy (non-hydrogen) atoms.